The van der Waals surface area contributed by atoms with E-state index in [1.807, 2.05) is 0 Å². The van der Waals surface area contributed by atoms with Crippen LogP contribution in [0, 0.1) is 11.2 Å². The summed E-state index contributed by atoms with van der Waals surface area (Å²) in [6, 6.07) is 5.46. The minimum atomic E-state index is -0.994. The molecule has 2 rings (SSSR count). The van der Waals surface area contributed by atoms with Gasteiger partial charge in [-0.2, -0.15) is 14.2 Å². The molecule has 1 aromatic rings. The molecule has 136 valence electrons. The summed E-state index contributed by atoms with van der Waals surface area (Å²) in [6.45, 7) is 10.7. The second-order valence-corrected chi connectivity index (χ2v) is 7.29. The molecule has 1 aromatic carbocycles. The van der Waals surface area contributed by atoms with Crippen LogP contribution < -0.4 is 10.2 Å². The summed E-state index contributed by atoms with van der Waals surface area (Å²) in [6.07, 6.45) is 0. The molecule has 0 saturated carbocycles. The van der Waals surface area contributed by atoms with Crippen LogP contribution in [0.5, 0.6) is 0 Å². The molecule has 0 N–H and O–H groups in total. The van der Waals surface area contributed by atoms with Gasteiger partial charge in [0.05, 0.1) is 0 Å². The Kier molecular flexibility index (Phi) is 10.1. The van der Waals surface area contributed by atoms with Crippen molar-refractivity contribution in [2.75, 3.05) is 14.2 Å². The van der Waals surface area contributed by atoms with E-state index in [0.717, 1.165) is 14.2 Å². The number of hydrogen-bond acceptors (Lipinski definition) is 4. The molecule has 0 aromatic heterocycles. The van der Waals surface area contributed by atoms with E-state index in [1.165, 1.54) is 44.9 Å². The van der Waals surface area contributed by atoms with Gasteiger partial charge in [-0.15, -0.1) is 0 Å². The maximum absolute atomic E-state index is 12.9. The first-order valence-corrected chi connectivity index (χ1v) is 9.11. The summed E-state index contributed by atoms with van der Waals surface area (Å²) in [7, 11) is 1.50. The third-order valence-electron chi connectivity index (χ3n) is 4.39. The van der Waals surface area contributed by atoms with E-state index in [9.17, 15) is 9.18 Å². The fourth-order valence-corrected chi connectivity index (χ4v) is 4.25. The van der Waals surface area contributed by atoms with Gasteiger partial charge in [0.2, 0.25) is 0 Å². The van der Waals surface area contributed by atoms with Crippen LogP contribution in [0.2, 0.25) is 0 Å². The van der Waals surface area contributed by atoms with Crippen molar-refractivity contribution in [3.63, 3.8) is 0 Å². The molecule has 1 aliphatic carbocycles. The van der Waals surface area contributed by atoms with Crippen molar-refractivity contribution in [1.82, 2.24) is 0 Å². The maximum Gasteiger partial charge on any atom is -0.153 e. The van der Waals surface area contributed by atoms with E-state index in [4.69, 9.17) is 13.5 Å². The first-order valence-electron chi connectivity index (χ1n) is 7.69. The monoisotopic (exact) mass is 384 g/mol. The van der Waals surface area contributed by atoms with Gasteiger partial charge in [0.25, 0.3) is 0 Å². The number of carbonyl (C=O) groups is 1. The van der Waals surface area contributed by atoms with Gasteiger partial charge in [-0.1, -0.05) is 0 Å². The molecule has 6 heteroatoms. The second kappa shape index (κ2) is 10.7. The number of allylic oxidation sites excluding steroid dienone is 4. The van der Waals surface area contributed by atoms with Crippen LogP contribution in [0.15, 0.2) is 44.9 Å². The molecule has 0 unspecified atom stereocenters. The van der Waals surface area contributed by atoms with Crippen molar-refractivity contribution < 1.29 is 42.3 Å². The summed E-state index contributed by atoms with van der Waals surface area (Å²) >= 11 is -0.994. The van der Waals surface area contributed by atoms with E-state index in [0.29, 0.717) is 5.56 Å². The number of carbonyl (C=O) groups excluding carboxylic acids is 1. The van der Waals surface area contributed by atoms with Crippen molar-refractivity contribution in [3.05, 3.63) is 56.2 Å². The SMILES string of the molecule is CC1=C(C)C(C)(C)[C]([Ti+2][O]C(=O)c2ccc(F)cc2)=C1C.C[O-].C[O-]. The Morgan fingerprint density at radius 2 is 1.48 bits per heavy atom. The van der Waals surface area contributed by atoms with Gasteiger partial charge < -0.3 is 10.2 Å². The van der Waals surface area contributed by atoms with Crippen molar-refractivity contribution in [2.45, 2.75) is 34.6 Å². The summed E-state index contributed by atoms with van der Waals surface area (Å²) < 4.78 is 19.7. The molecule has 0 aliphatic heterocycles. The van der Waals surface area contributed by atoms with Crippen molar-refractivity contribution >= 4 is 5.97 Å². The first kappa shape index (κ1) is 23.7. The number of benzene rings is 1. The average molecular weight is 384 g/mol. The quantitative estimate of drug-likeness (QED) is 0.751. The van der Waals surface area contributed by atoms with Gasteiger partial charge in [-0.05, 0) is 0 Å². The van der Waals surface area contributed by atoms with Crippen LogP contribution >= 0.6 is 0 Å². The normalized spacial score (nSPS) is 14.8. The largest absolute Gasteiger partial charge is 0.857 e. The van der Waals surface area contributed by atoms with Gasteiger partial charge in [0.15, 0.2) is 0 Å². The predicted molar refractivity (Wildman–Crippen MR) is 88.5 cm³/mol. The van der Waals surface area contributed by atoms with Crippen LogP contribution in [0.4, 0.5) is 4.39 Å². The Morgan fingerprint density at radius 3 is 1.88 bits per heavy atom. The number of halogens is 1. The zero-order valence-electron chi connectivity index (χ0n) is 15.8. The molecular weight excluding hydrogens is 359 g/mol. The summed E-state index contributed by atoms with van der Waals surface area (Å²) in [5, 5.41) is 16.5. The number of hydrogen-bond donors (Lipinski definition) is 0. The van der Waals surface area contributed by atoms with Crippen LogP contribution in [0.1, 0.15) is 45.0 Å². The Balaban J connectivity index is 0.00000134. The standard InChI is InChI=1S/C10H15.C7H5FO2.2CH3O.Ti/c1-7-6-10(4,5)9(3)8(7)2;8-6-3-1-5(2-4-6)7(9)10;2*1-2;/h1-5H3;1-4H,(H,9,10);2*1H3;/q;;2*-1;+3/p-1. The third-order valence-corrected chi connectivity index (χ3v) is 6.72. The van der Waals surface area contributed by atoms with Crippen LogP contribution in [-0.2, 0) is 22.9 Å². The molecule has 25 heavy (non-hydrogen) atoms. The van der Waals surface area contributed by atoms with E-state index < -0.39 is 19.5 Å². The van der Waals surface area contributed by atoms with Gasteiger partial charge in [-0.3, -0.25) is 0 Å². The van der Waals surface area contributed by atoms with E-state index in [-0.39, 0.29) is 17.2 Å². The van der Waals surface area contributed by atoms with Gasteiger partial charge in [0, 0.05) is 0 Å². The molecule has 0 fully saturated rings. The van der Waals surface area contributed by atoms with Crippen molar-refractivity contribution in [1.29, 1.82) is 0 Å². The van der Waals surface area contributed by atoms with Gasteiger partial charge in [0.1, 0.15) is 0 Å². The minimum Gasteiger partial charge on any atom is -0.857 e. The molecule has 0 radical (unpaired) electrons. The van der Waals surface area contributed by atoms with Crippen molar-refractivity contribution in [3.8, 4) is 0 Å². The van der Waals surface area contributed by atoms with Crippen LogP contribution in [0.25, 0.3) is 0 Å². The fourth-order valence-electron chi connectivity index (χ4n) is 2.54. The Bertz CT molecular complexity index is 646. The van der Waals surface area contributed by atoms with Gasteiger partial charge in [-0.25, -0.2) is 0 Å². The predicted octanol–water partition coefficient (Wildman–Crippen LogP) is 2.58. The van der Waals surface area contributed by atoms with Crippen LogP contribution in [-0.4, -0.2) is 20.2 Å². The zero-order chi connectivity index (χ0) is 19.8. The van der Waals surface area contributed by atoms with Crippen LogP contribution in [0.3, 0.4) is 0 Å². The van der Waals surface area contributed by atoms with E-state index in [2.05, 4.69) is 34.6 Å². The molecule has 0 bridgehead atoms. The Morgan fingerprint density at radius 1 is 1.00 bits per heavy atom. The fraction of sp³-hybridized carbons (Fsp3) is 0.421. The van der Waals surface area contributed by atoms with Crippen molar-refractivity contribution in [2.24, 2.45) is 5.41 Å². The molecule has 0 spiro atoms. The molecular formula is C19H25FO4Ti. The smallest absolute Gasteiger partial charge is 0.153 e. The Labute approximate surface area is 158 Å². The third kappa shape index (κ3) is 5.61. The summed E-state index contributed by atoms with van der Waals surface area (Å²) in [5.41, 5.74) is 4.27. The number of rotatable bonds is 3. The molecule has 0 amide bonds. The van der Waals surface area contributed by atoms with Gasteiger partial charge >= 0.3 is 134 Å². The molecule has 0 heterocycles. The second-order valence-electron chi connectivity index (χ2n) is 5.87. The summed E-state index contributed by atoms with van der Waals surface area (Å²) in [4.78, 5) is 12.0. The molecule has 0 saturated heterocycles. The average Bonchev–Trinajstić information content (AvgIpc) is 2.77. The van der Waals surface area contributed by atoms with E-state index in [1.54, 1.807) is 0 Å². The minimum absolute atomic E-state index is 0.0305. The zero-order valence-corrected chi connectivity index (χ0v) is 17.4. The Hall–Kier alpha value is -1.27. The molecule has 0 atom stereocenters. The molecule has 4 nitrogen and oxygen atoms in total. The van der Waals surface area contributed by atoms with E-state index >= 15 is 0 Å². The topological polar surface area (TPSA) is 72.4 Å². The molecule has 1 aliphatic rings. The maximum atomic E-state index is 12.9. The summed E-state index contributed by atoms with van der Waals surface area (Å²) in [5.74, 6) is -0.721. The first-order chi connectivity index (χ1) is 11.7.